The van der Waals surface area contributed by atoms with Crippen molar-refractivity contribution in [2.75, 3.05) is 40.9 Å². The Morgan fingerprint density at radius 2 is 1.81 bits per heavy atom. The van der Waals surface area contributed by atoms with Crippen LogP contribution in [0.1, 0.15) is 42.1 Å². The number of nitrogens with zero attached hydrogens (tertiary/aromatic N) is 3. The second-order valence-electron chi connectivity index (χ2n) is 8.15. The first kappa shape index (κ1) is 26.3. The van der Waals surface area contributed by atoms with Crippen LogP contribution >= 0.6 is 0 Å². The van der Waals surface area contributed by atoms with E-state index in [1.165, 1.54) is 17.8 Å². The molecule has 0 atom stereocenters. The molecule has 0 saturated heterocycles. The molecule has 3 rings (SSSR count). The van der Waals surface area contributed by atoms with Gasteiger partial charge in [-0.15, -0.1) is 0 Å². The molecule has 0 aliphatic rings. The fraction of sp³-hybridized carbons (Fsp3) is 0.296. The van der Waals surface area contributed by atoms with Crippen molar-refractivity contribution in [3.8, 4) is 0 Å². The molecule has 9 nitrogen and oxygen atoms in total. The third kappa shape index (κ3) is 8.50. The van der Waals surface area contributed by atoms with Gasteiger partial charge in [-0.2, -0.15) is 4.98 Å². The van der Waals surface area contributed by atoms with Gasteiger partial charge in [-0.25, -0.2) is 4.98 Å². The summed E-state index contributed by atoms with van der Waals surface area (Å²) in [5.41, 5.74) is 3.03. The summed E-state index contributed by atoms with van der Waals surface area (Å²) in [6.45, 7) is 7.52. The lowest BCUT2D eigenvalue weighted by Crippen LogP contribution is -2.18. The first-order valence-corrected chi connectivity index (χ1v) is 12.1. The molecule has 9 heteroatoms. The van der Waals surface area contributed by atoms with E-state index in [1.807, 2.05) is 43.3 Å². The van der Waals surface area contributed by atoms with Crippen molar-refractivity contribution in [2.24, 2.45) is 0 Å². The third-order valence-corrected chi connectivity index (χ3v) is 5.30. The number of rotatable bonds is 15. The SMILES string of the molecule is C=CC(=O)CCCNc1cccc(NC(=O)c2cnc(NCCc3ccncc3)nc2NCCC)c1. The maximum atomic E-state index is 13.1. The number of benzene rings is 1. The summed E-state index contributed by atoms with van der Waals surface area (Å²) >= 11 is 0. The van der Waals surface area contributed by atoms with E-state index in [9.17, 15) is 9.59 Å². The van der Waals surface area contributed by atoms with Gasteiger partial charge in [-0.05, 0) is 61.2 Å². The summed E-state index contributed by atoms with van der Waals surface area (Å²) in [5.74, 6) is 0.672. The van der Waals surface area contributed by atoms with Crippen LogP contribution in [0.2, 0.25) is 0 Å². The van der Waals surface area contributed by atoms with Gasteiger partial charge in [0, 0.05) is 56.0 Å². The van der Waals surface area contributed by atoms with Gasteiger partial charge in [0.15, 0.2) is 5.78 Å². The fourth-order valence-electron chi connectivity index (χ4n) is 3.38. The number of amides is 1. The number of hydrogen-bond acceptors (Lipinski definition) is 8. The number of carbonyl (C=O) groups is 2. The highest BCUT2D eigenvalue weighted by atomic mass is 16.1. The van der Waals surface area contributed by atoms with Crippen LogP contribution in [0.3, 0.4) is 0 Å². The molecule has 1 aromatic carbocycles. The van der Waals surface area contributed by atoms with Gasteiger partial charge in [0.05, 0.1) is 0 Å². The predicted octanol–water partition coefficient (Wildman–Crippen LogP) is 4.55. The van der Waals surface area contributed by atoms with Crippen molar-refractivity contribution in [3.05, 3.63) is 78.8 Å². The zero-order valence-electron chi connectivity index (χ0n) is 20.6. The summed E-state index contributed by atoms with van der Waals surface area (Å²) in [4.78, 5) is 37.3. The van der Waals surface area contributed by atoms with Gasteiger partial charge < -0.3 is 21.3 Å². The Labute approximate surface area is 211 Å². The van der Waals surface area contributed by atoms with E-state index >= 15 is 0 Å². The van der Waals surface area contributed by atoms with Crippen molar-refractivity contribution in [1.82, 2.24) is 15.0 Å². The number of aromatic nitrogens is 3. The third-order valence-electron chi connectivity index (χ3n) is 5.30. The predicted molar refractivity (Wildman–Crippen MR) is 145 cm³/mol. The van der Waals surface area contributed by atoms with E-state index in [0.29, 0.717) is 55.5 Å². The minimum absolute atomic E-state index is 0.0301. The number of allylic oxidation sites excluding steroid dienone is 1. The van der Waals surface area contributed by atoms with Crippen LogP contribution in [0.25, 0.3) is 0 Å². The summed E-state index contributed by atoms with van der Waals surface area (Å²) in [5, 5.41) is 12.6. The molecular formula is C27H33N7O2. The minimum atomic E-state index is -0.300. The Kier molecular flexibility index (Phi) is 10.4. The van der Waals surface area contributed by atoms with Crippen LogP contribution in [-0.4, -0.2) is 46.3 Å². The number of ketones is 1. The zero-order valence-corrected chi connectivity index (χ0v) is 20.6. The molecule has 0 fully saturated rings. The van der Waals surface area contributed by atoms with Crippen molar-refractivity contribution in [1.29, 1.82) is 0 Å². The molecule has 0 spiro atoms. The van der Waals surface area contributed by atoms with Crippen molar-refractivity contribution >= 4 is 34.8 Å². The quantitative estimate of drug-likeness (QED) is 0.182. The van der Waals surface area contributed by atoms with E-state index in [2.05, 4.69) is 42.8 Å². The summed E-state index contributed by atoms with van der Waals surface area (Å²) in [6, 6.07) is 11.4. The van der Waals surface area contributed by atoms with E-state index in [4.69, 9.17) is 0 Å². The lowest BCUT2D eigenvalue weighted by Gasteiger charge is -2.13. The second kappa shape index (κ2) is 14.2. The molecule has 1 amide bonds. The molecule has 0 aliphatic heterocycles. The smallest absolute Gasteiger partial charge is 0.260 e. The number of nitrogens with one attached hydrogen (secondary N) is 4. The highest BCUT2D eigenvalue weighted by molar-refractivity contribution is 6.07. The molecular weight excluding hydrogens is 454 g/mol. The number of anilines is 4. The van der Waals surface area contributed by atoms with Crippen LogP contribution in [0.5, 0.6) is 0 Å². The Morgan fingerprint density at radius 1 is 1.00 bits per heavy atom. The fourth-order valence-corrected chi connectivity index (χ4v) is 3.38. The van der Waals surface area contributed by atoms with Crippen LogP contribution in [0.4, 0.5) is 23.1 Å². The number of hydrogen-bond donors (Lipinski definition) is 4. The topological polar surface area (TPSA) is 121 Å². The average molecular weight is 488 g/mol. The van der Waals surface area contributed by atoms with Crippen molar-refractivity contribution in [2.45, 2.75) is 32.6 Å². The molecule has 3 aromatic rings. The minimum Gasteiger partial charge on any atom is -0.385 e. The first-order valence-electron chi connectivity index (χ1n) is 12.1. The zero-order chi connectivity index (χ0) is 25.6. The molecule has 0 saturated carbocycles. The Bertz CT molecular complexity index is 1150. The van der Waals surface area contributed by atoms with E-state index in [0.717, 1.165) is 18.5 Å². The molecule has 188 valence electrons. The highest BCUT2D eigenvalue weighted by Gasteiger charge is 2.15. The van der Waals surface area contributed by atoms with Gasteiger partial charge in [0.1, 0.15) is 11.4 Å². The van der Waals surface area contributed by atoms with Crippen LogP contribution < -0.4 is 21.3 Å². The lowest BCUT2D eigenvalue weighted by molar-refractivity contribution is -0.114. The van der Waals surface area contributed by atoms with Gasteiger partial charge in [0.25, 0.3) is 5.91 Å². The summed E-state index contributed by atoms with van der Waals surface area (Å²) in [6.07, 6.45) is 9.27. The average Bonchev–Trinajstić information content (AvgIpc) is 2.90. The van der Waals surface area contributed by atoms with Gasteiger partial charge in [0.2, 0.25) is 5.95 Å². The first-order chi connectivity index (χ1) is 17.6. The molecule has 2 heterocycles. The molecule has 0 unspecified atom stereocenters. The summed E-state index contributed by atoms with van der Waals surface area (Å²) < 4.78 is 0. The van der Waals surface area contributed by atoms with Crippen molar-refractivity contribution in [3.63, 3.8) is 0 Å². The van der Waals surface area contributed by atoms with E-state index < -0.39 is 0 Å². The van der Waals surface area contributed by atoms with E-state index in [1.54, 1.807) is 12.4 Å². The Morgan fingerprint density at radius 3 is 2.58 bits per heavy atom. The molecule has 36 heavy (non-hydrogen) atoms. The monoisotopic (exact) mass is 487 g/mol. The van der Waals surface area contributed by atoms with Crippen LogP contribution in [-0.2, 0) is 11.2 Å². The van der Waals surface area contributed by atoms with Gasteiger partial charge in [-0.1, -0.05) is 19.6 Å². The van der Waals surface area contributed by atoms with Gasteiger partial charge in [-0.3, -0.25) is 14.6 Å². The molecule has 0 radical (unpaired) electrons. The largest absolute Gasteiger partial charge is 0.385 e. The summed E-state index contributed by atoms with van der Waals surface area (Å²) in [7, 11) is 0. The molecule has 0 aliphatic carbocycles. The number of carbonyl (C=O) groups excluding carboxylic acids is 2. The highest BCUT2D eigenvalue weighted by Crippen LogP contribution is 2.19. The Balaban J connectivity index is 1.61. The maximum absolute atomic E-state index is 13.1. The molecule has 0 bridgehead atoms. The molecule has 4 N–H and O–H groups in total. The standard InChI is InChI=1S/C27H33N7O2/c1-3-13-30-25-24(19-32-27(34-25)31-17-12-20-10-15-28-16-11-20)26(36)33-22-8-5-7-21(18-22)29-14-6-9-23(35)4-2/h4-5,7-8,10-11,15-16,18-19,29H,2-3,6,9,12-14,17H2,1H3,(H,33,36)(H2,30,31,32,34). The lowest BCUT2D eigenvalue weighted by atomic mass is 10.2. The van der Waals surface area contributed by atoms with Crippen LogP contribution in [0.15, 0.2) is 67.6 Å². The van der Waals surface area contributed by atoms with Crippen molar-refractivity contribution < 1.29 is 9.59 Å². The molecule has 2 aromatic heterocycles. The Hall–Kier alpha value is -4.27. The van der Waals surface area contributed by atoms with Gasteiger partial charge >= 0.3 is 0 Å². The van der Waals surface area contributed by atoms with Crippen LogP contribution in [0, 0.1) is 0 Å². The second-order valence-corrected chi connectivity index (χ2v) is 8.15. The maximum Gasteiger partial charge on any atom is 0.260 e. The number of pyridine rings is 1. The van der Waals surface area contributed by atoms with E-state index in [-0.39, 0.29) is 11.7 Å². The normalized spacial score (nSPS) is 10.4.